The predicted octanol–water partition coefficient (Wildman–Crippen LogP) is 3.15. The lowest BCUT2D eigenvalue weighted by molar-refractivity contribution is 0.773. The van der Waals surface area contributed by atoms with Crippen molar-refractivity contribution in [3.63, 3.8) is 0 Å². The molecule has 1 fully saturated rings. The van der Waals surface area contributed by atoms with E-state index in [0.717, 1.165) is 22.6 Å². The van der Waals surface area contributed by atoms with Crippen LogP contribution in [0.5, 0.6) is 0 Å². The van der Waals surface area contributed by atoms with Crippen molar-refractivity contribution in [2.75, 3.05) is 5.32 Å². The van der Waals surface area contributed by atoms with Gasteiger partial charge in [0, 0.05) is 11.4 Å². The molecule has 1 heterocycles. The number of rotatable bonds is 3. The molecule has 0 bridgehead atoms. The molecule has 2 aromatic rings. The molecule has 0 aliphatic heterocycles. The molecule has 0 spiro atoms. The lowest BCUT2D eigenvalue weighted by Gasteiger charge is -2.08. The fourth-order valence-electron chi connectivity index (χ4n) is 2.34. The Hall–Kier alpha value is -1.64. The van der Waals surface area contributed by atoms with Gasteiger partial charge in [-0.3, -0.25) is 0 Å². The summed E-state index contributed by atoms with van der Waals surface area (Å²) in [5.41, 5.74) is 2.26. The molecule has 0 amide bonds. The molecule has 1 aliphatic carbocycles. The Kier molecular flexibility index (Phi) is 2.46. The number of nitrogens with zero attached hydrogens (tertiary/aromatic N) is 2. The summed E-state index contributed by atoms with van der Waals surface area (Å²) in [6.07, 6.45) is 4.16. The lowest BCUT2D eigenvalue weighted by atomic mass is 10.1. The van der Waals surface area contributed by atoms with Gasteiger partial charge in [0.1, 0.15) is 12.1 Å². The zero-order chi connectivity index (χ0) is 11.8. The van der Waals surface area contributed by atoms with Gasteiger partial charge in [0.15, 0.2) is 0 Å². The van der Waals surface area contributed by atoms with Crippen LogP contribution in [0, 0.1) is 12.8 Å². The Bertz CT molecular complexity index is 550. The zero-order valence-electron chi connectivity index (χ0n) is 10.3. The van der Waals surface area contributed by atoms with Crippen LogP contribution in [0.3, 0.4) is 0 Å². The fraction of sp³-hybridized carbons (Fsp3) is 0.429. The average Bonchev–Trinajstić information content (AvgIpc) is 3.08. The molecule has 0 unspecified atom stereocenters. The molecule has 1 saturated carbocycles. The maximum atomic E-state index is 4.37. The van der Waals surface area contributed by atoms with Crippen LogP contribution < -0.4 is 5.32 Å². The van der Waals surface area contributed by atoms with E-state index in [4.69, 9.17) is 0 Å². The van der Waals surface area contributed by atoms with E-state index in [1.54, 1.807) is 6.33 Å². The number of aryl methyl sites for hydroxylation is 1. The molecule has 0 saturated heterocycles. The minimum absolute atomic E-state index is 0.610. The van der Waals surface area contributed by atoms with Crippen molar-refractivity contribution in [1.29, 1.82) is 0 Å². The normalized spacial score (nSPS) is 22.7. The number of anilines is 1. The Morgan fingerprint density at radius 1 is 1.35 bits per heavy atom. The molecule has 2 atom stereocenters. The third kappa shape index (κ3) is 1.97. The molecule has 3 heteroatoms. The zero-order valence-corrected chi connectivity index (χ0v) is 10.3. The van der Waals surface area contributed by atoms with Gasteiger partial charge in [-0.15, -0.1) is 0 Å². The molecule has 1 aromatic heterocycles. The summed E-state index contributed by atoms with van der Waals surface area (Å²) in [4.78, 5) is 8.67. The van der Waals surface area contributed by atoms with Crippen LogP contribution in [0.15, 0.2) is 24.5 Å². The highest BCUT2D eigenvalue weighted by Gasteiger charge is 2.35. The first-order chi connectivity index (χ1) is 8.28. The second kappa shape index (κ2) is 3.99. The van der Waals surface area contributed by atoms with E-state index in [9.17, 15) is 0 Å². The van der Waals surface area contributed by atoms with Crippen molar-refractivity contribution in [3.8, 4) is 0 Å². The summed E-state index contributed by atoms with van der Waals surface area (Å²) in [5.74, 6) is 1.81. The van der Waals surface area contributed by atoms with Crippen LogP contribution in [-0.4, -0.2) is 16.0 Å². The van der Waals surface area contributed by atoms with E-state index in [0.29, 0.717) is 6.04 Å². The Morgan fingerprint density at radius 3 is 3.00 bits per heavy atom. The van der Waals surface area contributed by atoms with E-state index in [2.05, 4.69) is 47.3 Å². The topological polar surface area (TPSA) is 37.8 Å². The summed E-state index contributed by atoms with van der Waals surface area (Å²) in [6.45, 7) is 4.34. The van der Waals surface area contributed by atoms with Crippen molar-refractivity contribution >= 4 is 16.7 Å². The fourth-order valence-corrected chi connectivity index (χ4v) is 2.34. The number of fused-ring (bicyclic) bond motifs is 1. The van der Waals surface area contributed by atoms with E-state index in [1.807, 2.05) is 0 Å². The quantitative estimate of drug-likeness (QED) is 0.875. The first kappa shape index (κ1) is 10.5. The molecule has 1 aromatic carbocycles. The Morgan fingerprint density at radius 2 is 2.24 bits per heavy atom. The Balaban J connectivity index is 1.95. The molecule has 3 rings (SSSR count). The third-order valence-corrected chi connectivity index (χ3v) is 3.56. The monoisotopic (exact) mass is 227 g/mol. The first-order valence-electron chi connectivity index (χ1n) is 6.26. The predicted molar refractivity (Wildman–Crippen MR) is 70.1 cm³/mol. The van der Waals surface area contributed by atoms with Crippen molar-refractivity contribution in [3.05, 3.63) is 30.1 Å². The van der Waals surface area contributed by atoms with E-state index in [-0.39, 0.29) is 0 Å². The molecule has 0 radical (unpaired) electrons. The standard InChI is InChI=1S/C14H17N3/c1-3-10-7-13(10)17-14-11-6-9(2)4-5-12(11)15-8-16-14/h4-6,8,10,13H,3,7H2,1-2H3,(H,15,16,17)/t10-,13-/m1/s1. The van der Waals surface area contributed by atoms with Crippen LogP contribution >= 0.6 is 0 Å². The van der Waals surface area contributed by atoms with Crippen molar-refractivity contribution in [2.45, 2.75) is 32.7 Å². The summed E-state index contributed by atoms with van der Waals surface area (Å²) >= 11 is 0. The van der Waals surface area contributed by atoms with Gasteiger partial charge in [0.2, 0.25) is 0 Å². The number of hydrogen-bond acceptors (Lipinski definition) is 3. The van der Waals surface area contributed by atoms with E-state index in [1.165, 1.54) is 18.4 Å². The van der Waals surface area contributed by atoms with Crippen molar-refractivity contribution < 1.29 is 0 Å². The smallest absolute Gasteiger partial charge is 0.137 e. The second-order valence-electron chi connectivity index (χ2n) is 4.90. The van der Waals surface area contributed by atoms with Crippen LogP contribution in [-0.2, 0) is 0 Å². The average molecular weight is 227 g/mol. The molecule has 1 aliphatic rings. The number of benzene rings is 1. The Labute approximate surface area is 101 Å². The van der Waals surface area contributed by atoms with Crippen LogP contribution in [0.25, 0.3) is 10.9 Å². The van der Waals surface area contributed by atoms with Gasteiger partial charge in [-0.05, 0) is 31.4 Å². The minimum Gasteiger partial charge on any atom is -0.366 e. The molecular formula is C14H17N3. The lowest BCUT2D eigenvalue weighted by Crippen LogP contribution is -2.06. The maximum Gasteiger partial charge on any atom is 0.137 e. The summed E-state index contributed by atoms with van der Waals surface area (Å²) in [7, 11) is 0. The maximum absolute atomic E-state index is 4.37. The van der Waals surface area contributed by atoms with Crippen molar-refractivity contribution in [2.24, 2.45) is 5.92 Å². The van der Waals surface area contributed by atoms with Gasteiger partial charge in [-0.2, -0.15) is 0 Å². The highest BCUT2D eigenvalue weighted by atomic mass is 15.1. The third-order valence-electron chi connectivity index (χ3n) is 3.56. The SMILES string of the molecule is CC[C@@H]1C[C@H]1Nc1ncnc2ccc(C)cc12. The second-order valence-corrected chi connectivity index (χ2v) is 4.90. The summed E-state index contributed by atoms with van der Waals surface area (Å²) < 4.78 is 0. The largest absolute Gasteiger partial charge is 0.366 e. The van der Waals surface area contributed by atoms with Crippen LogP contribution in [0.1, 0.15) is 25.3 Å². The number of aromatic nitrogens is 2. The van der Waals surface area contributed by atoms with Crippen molar-refractivity contribution in [1.82, 2.24) is 9.97 Å². The summed E-state index contributed by atoms with van der Waals surface area (Å²) in [5, 5.41) is 4.67. The van der Waals surface area contributed by atoms with Gasteiger partial charge in [0.25, 0.3) is 0 Å². The van der Waals surface area contributed by atoms with Gasteiger partial charge >= 0.3 is 0 Å². The molecular weight excluding hydrogens is 210 g/mol. The van der Waals surface area contributed by atoms with Gasteiger partial charge < -0.3 is 5.32 Å². The highest BCUT2D eigenvalue weighted by Crippen LogP contribution is 2.36. The number of nitrogens with one attached hydrogen (secondary N) is 1. The van der Waals surface area contributed by atoms with Gasteiger partial charge in [-0.25, -0.2) is 9.97 Å². The molecule has 88 valence electrons. The van der Waals surface area contributed by atoms with Crippen LogP contribution in [0.2, 0.25) is 0 Å². The van der Waals surface area contributed by atoms with Gasteiger partial charge in [0.05, 0.1) is 5.52 Å². The number of hydrogen-bond donors (Lipinski definition) is 1. The van der Waals surface area contributed by atoms with E-state index < -0.39 is 0 Å². The molecule has 17 heavy (non-hydrogen) atoms. The minimum atomic E-state index is 0.610. The highest BCUT2D eigenvalue weighted by molar-refractivity contribution is 5.89. The molecule has 1 N–H and O–H groups in total. The first-order valence-corrected chi connectivity index (χ1v) is 6.26. The van der Waals surface area contributed by atoms with Crippen LogP contribution in [0.4, 0.5) is 5.82 Å². The molecule has 3 nitrogen and oxygen atoms in total. The summed E-state index contributed by atoms with van der Waals surface area (Å²) in [6, 6.07) is 6.91. The van der Waals surface area contributed by atoms with Gasteiger partial charge in [-0.1, -0.05) is 25.0 Å². The van der Waals surface area contributed by atoms with E-state index >= 15 is 0 Å².